The van der Waals surface area contributed by atoms with Crippen molar-refractivity contribution in [3.05, 3.63) is 63.6 Å². The number of amides is 1. The van der Waals surface area contributed by atoms with Gasteiger partial charge in [-0.15, -0.1) is 0 Å². The Labute approximate surface area is 175 Å². The Morgan fingerprint density at radius 2 is 1.75 bits per heavy atom. The first-order valence-corrected chi connectivity index (χ1v) is 9.97. The van der Waals surface area contributed by atoms with Gasteiger partial charge in [-0.05, 0) is 37.3 Å². The molecule has 1 N–H and O–H groups in total. The number of carbonyl (C=O) groups is 2. The third-order valence-electron chi connectivity index (χ3n) is 5.07. The number of ketones is 1. The summed E-state index contributed by atoms with van der Waals surface area (Å²) in [5, 5.41) is 4.07. The fourth-order valence-electron chi connectivity index (χ4n) is 3.40. The van der Waals surface area contributed by atoms with Gasteiger partial charge in [-0.3, -0.25) is 14.5 Å². The molecule has 28 heavy (non-hydrogen) atoms. The summed E-state index contributed by atoms with van der Waals surface area (Å²) in [4.78, 5) is 29.9. The fourth-order valence-corrected chi connectivity index (χ4v) is 3.79. The zero-order valence-electron chi connectivity index (χ0n) is 15.9. The lowest BCUT2D eigenvalue weighted by Crippen LogP contribution is -2.53. The number of nitrogens with zero attached hydrogens (tertiary/aromatic N) is 2. The average Bonchev–Trinajstić information content (AvgIpc) is 2.72. The molecule has 1 fully saturated rings. The summed E-state index contributed by atoms with van der Waals surface area (Å²) in [6.07, 6.45) is 0. The first kappa shape index (κ1) is 20.8. The Morgan fingerprint density at radius 3 is 2.43 bits per heavy atom. The number of anilines is 1. The molecule has 0 saturated carbocycles. The van der Waals surface area contributed by atoms with Crippen molar-refractivity contribution in [2.24, 2.45) is 0 Å². The molecular weight excluding hydrogens is 397 g/mol. The van der Waals surface area contributed by atoms with Crippen LogP contribution in [0.15, 0.2) is 42.5 Å². The van der Waals surface area contributed by atoms with Crippen LogP contribution in [0.4, 0.5) is 5.69 Å². The molecule has 0 unspecified atom stereocenters. The van der Waals surface area contributed by atoms with E-state index in [-0.39, 0.29) is 17.7 Å². The van der Waals surface area contributed by atoms with Crippen molar-refractivity contribution in [1.29, 1.82) is 0 Å². The molecule has 0 bridgehead atoms. The second-order valence-corrected chi connectivity index (χ2v) is 7.67. The number of hydrogen-bond donors (Lipinski definition) is 1. The van der Waals surface area contributed by atoms with Crippen LogP contribution in [0.2, 0.25) is 10.0 Å². The minimum Gasteiger partial charge on any atom is -0.314 e. The SMILES string of the molecule is C[C@H](C(=O)N(C)c1ccc(Cl)cc1C(=O)c1ccccc1Cl)N1CCNCC1. The third kappa shape index (κ3) is 4.39. The molecule has 1 aliphatic rings. The minimum absolute atomic E-state index is 0.0718. The highest BCUT2D eigenvalue weighted by Crippen LogP contribution is 2.29. The van der Waals surface area contributed by atoms with Crippen molar-refractivity contribution in [2.45, 2.75) is 13.0 Å². The quantitative estimate of drug-likeness (QED) is 0.753. The monoisotopic (exact) mass is 419 g/mol. The Bertz CT molecular complexity index is 882. The molecule has 3 rings (SSSR count). The number of likely N-dealkylation sites (N-methyl/N-ethyl adjacent to an activating group) is 1. The van der Waals surface area contributed by atoms with Crippen LogP contribution in [0.3, 0.4) is 0 Å². The van der Waals surface area contributed by atoms with E-state index < -0.39 is 0 Å². The van der Waals surface area contributed by atoms with Crippen molar-refractivity contribution < 1.29 is 9.59 Å². The largest absolute Gasteiger partial charge is 0.314 e. The average molecular weight is 420 g/mol. The molecule has 1 saturated heterocycles. The van der Waals surface area contributed by atoms with Crippen LogP contribution >= 0.6 is 23.2 Å². The first-order valence-electron chi connectivity index (χ1n) is 9.21. The molecule has 1 aliphatic heterocycles. The molecule has 148 valence electrons. The normalized spacial score (nSPS) is 15.9. The zero-order chi connectivity index (χ0) is 20.3. The first-order chi connectivity index (χ1) is 13.4. The lowest BCUT2D eigenvalue weighted by atomic mass is 10.0. The van der Waals surface area contributed by atoms with Gasteiger partial charge in [0.15, 0.2) is 5.78 Å². The van der Waals surface area contributed by atoms with E-state index in [0.29, 0.717) is 26.9 Å². The third-order valence-corrected chi connectivity index (χ3v) is 5.64. The number of hydrogen-bond acceptors (Lipinski definition) is 4. The predicted octanol–water partition coefficient (Wildman–Crippen LogP) is 3.48. The summed E-state index contributed by atoms with van der Waals surface area (Å²) in [5.41, 5.74) is 1.24. The van der Waals surface area contributed by atoms with Crippen LogP contribution in [0.1, 0.15) is 22.8 Å². The second kappa shape index (κ2) is 9.05. The van der Waals surface area contributed by atoms with Crippen molar-refractivity contribution in [3.63, 3.8) is 0 Å². The zero-order valence-corrected chi connectivity index (χ0v) is 17.4. The predicted molar refractivity (Wildman–Crippen MR) is 114 cm³/mol. The summed E-state index contributed by atoms with van der Waals surface area (Å²) >= 11 is 12.4. The molecule has 1 amide bonds. The van der Waals surface area contributed by atoms with Crippen molar-refractivity contribution in [2.75, 3.05) is 38.1 Å². The summed E-state index contributed by atoms with van der Waals surface area (Å²) in [5.74, 6) is -0.338. The standard InChI is InChI=1S/C21H23Cl2N3O2/c1-14(26-11-9-24-10-12-26)21(28)25(2)19-8-7-15(22)13-17(19)20(27)16-5-3-4-6-18(16)23/h3-8,13-14,24H,9-12H2,1-2H3/t14-/m1/s1. The summed E-state index contributed by atoms with van der Waals surface area (Å²) in [7, 11) is 1.69. The number of halogens is 2. The molecule has 0 spiro atoms. The van der Waals surface area contributed by atoms with Crippen LogP contribution in [-0.4, -0.2) is 55.9 Å². The second-order valence-electron chi connectivity index (χ2n) is 6.83. The molecule has 0 radical (unpaired) electrons. The highest BCUT2D eigenvalue weighted by Gasteiger charge is 2.28. The lowest BCUT2D eigenvalue weighted by molar-refractivity contribution is -0.123. The fraction of sp³-hybridized carbons (Fsp3) is 0.333. The maximum atomic E-state index is 13.1. The van der Waals surface area contributed by atoms with E-state index in [9.17, 15) is 9.59 Å². The molecule has 1 heterocycles. The molecule has 7 heteroatoms. The lowest BCUT2D eigenvalue weighted by Gasteiger charge is -2.34. The number of benzene rings is 2. The maximum absolute atomic E-state index is 13.1. The van der Waals surface area contributed by atoms with E-state index in [4.69, 9.17) is 23.2 Å². The molecule has 2 aromatic carbocycles. The van der Waals surface area contributed by atoms with Gasteiger partial charge in [-0.1, -0.05) is 35.3 Å². The Hall–Kier alpha value is -1.92. The van der Waals surface area contributed by atoms with Crippen molar-refractivity contribution in [1.82, 2.24) is 10.2 Å². The van der Waals surface area contributed by atoms with Gasteiger partial charge < -0.3 is 10.2 Å². The Morgan fingerprint density at radius 1 is 1.07 bits per heavy atom. The molecule has 2 aromatic rings. The van der Waals surface area contributed by atoms with Crippen molar-refractivity contribution >= 4 is 40.6 Å². The smallest absolute Gasteiger partial charge is 0.243 e. The Balaban J connectivity index is 1.92. The van der Waals surface area contributed by atoms with Gasteiger partial charge in [-0.25, -0.2) is 0 Å². The van der Waals surface area contributed by atoms with E-state index in [1.54, 1.807) is 49.5 Å². The van der Waals surface area contributed by atoms with Crippen LogP contribution < -0.4 is 10.2 Å². The highest BCUT2D eigenvalue weighted by atomic mass is 35.5. The van der Waals surface area contributed by atoms with E-state index in [1.165, 1.54) is 4.90 Å². The molecular formula is C21H23Cl2N3O2. The molecule has 0 aromatic heterocycles. The Kier molecular flexibility index (Phi) is 6.73. The molecule has 5 nitrogen and oxygen atoms in total. The van der Waals surface area contributed by atoms with E-state index in [2.05, 4.69) is 10.2 Å². The number of carbonyl (C=O) groups excluding carboxylic acids is 2. The van der Waals surface area contributed by atoms with Gasteiger partial charge in [0.25, 0.3) is 0 Å². The van der Waals surface area contributed by atoms with Gasteiger partial charge >= 0.3 is 0 Å². The van der Waals surface area contributed by atoms with Crippen LogP contribution in [0, 0.1) is 0 Å². The summed E-state index contributed by atoms with van der Waals surface area (Å²) in [6.45, 7) is 5.24. The minimum atomic E-state index is -0.286. The maximum Gasteiger partial charge on any atom is 0.243 e. The van der Waals surface area contributed by atoms with Crippen LogP contribution in [0.5, 0.6) is 0 Å². The van der Waals surface area contributed by atoms with Gasteiger partial charge in [0.05, 0.1) is 16.8 Å². The van der Waals surface area contributed by atoms with Crippen molar-refractivity contribution in [3.8, 4) is 0 Å². The van der Waals surface area contributed by atoms with E-state index in [1.807, 2.05) is 6.92 Å². The topological polar surface area (TPSA) is 52.7 Å². The van der Waals surface area contributed by atoms with Gasteiger partial charge in [-0.2, -0.15) is 0 Å². The summed E-state index contributed by atoms with van der Waals surface area (Å²) < 4.78 is 0. The van der Waals surface area contributed by atoms with Gasteiger partial charge in [0, 0.05) is 49.4 Å². The van der Waals surface area contributed by atoms with E-state index >= 15 is 0 Å². The van der Waals surface area contributed by atoms with E-state index in [0.717, 1.165) is 26.2 Å². The number of piperazine rings is 1. The van der Waals surface area contributed by atoms with Gasteiger partial charge in [0.2, 0.25) is 5.91 Å². The summed E-state index contributed by atoms with van der Waals surface area (Å²) in [6, 6.07) is 11.5. The molecule has 1 atom stereocenters. The number of rotatable bonds is 5. The van der Waals surface area contributed by atoms with Gasteiger partial charge in [0.1, 0.15) is 0 Å². The number of nitrogens with one attached hydrogen (secondary N) is 1. The van der Waals surface area contributed by atoms with Crippen LogP contribution in [-0.2, 0) is 4.79 Å². The van der Waals surface area contributed by atoms with Crippen LogP contribution in [0.25, 0.3) is 0 Å². The highest BCUT2D eigenvalue weighted by molar-refractivity contribution is 6.36. The molecule has 0 aliphatic carbocycles.